The van der Waals surface area contributed by atoms with E-state index in [4.69, 9.17) is 16.3 Å². The summed E-state index contributed by atoms with van der Waals surface area (Å²) in [6.45, 7) is 1.29. The Labute approximate surface area is 140 Å². The number of carbonyl (C=O) groups excluding carboxylic acids is 2. The first-order chi connectivity index (χ1) is 11.3. The molecule has 0 fully saturated rings. The minimum atomic E-state index is -1.24. The van der Waals surface area contributed by atoms with Gasteiger partial charge in [0.1, 0.15) is 11.3 Å². The van der Waals surface area contributed by atoms with Gasteiger partial charge in [0.2, 0.25) is 0 Å². The molecule has 0 saturated heterocycles. The average molecular weight is 356 g/mol. The van der Waals surface area contributed by atoms with Crippen LogP contribution in [0.15, 0.2) is 36.4 Å². The number of anilines is 1. The van der Waals surface area contributed by atoms with Gasteiger partial charge in [-0.1, -0.05) is 11.6 Å². The zero-order valence-corrected chi connectivity index (χ0v) is 13.1. The topological polar surface area (TPSA) is 75.6 Å². The van der Waals surface area contributed by atoms with Crippen molar-refractivity contribution in [2.24, 2.45) is 0 Å². The van der Waals surface area contributed by atoms with E-state index in [1.54, 1.807) is 0 Å². The highest BCUT2D eigenvalue weighted by atomic mass is 35.5. The molecule has 0 aliphatic rings. The number of hydrogen-bond acceptors (Lipinski definition) is 4. The van der Waals surface area contributed by atoms with E-state index in [1.165, 1.54) is 19.1 Å². The third kappa shape index (κ3) is 4.20. The number of hydrogen-bond donors (Lipinski definition) is 2. The lowest BCUT2D eigenvalue weighted by atomic mass is 10.2. The third-order valence-electron chi connectivity index (χ3n) is 3.02. The zero-order chi connectivity index (χ0) is 17.9. The van der Waals surface area contributed by atoms with E-state index in [9.17, 15) is 23.5 Å². The predicted octanol–water partition coefficient (Wildman–Crippen LogP) is 3.51. The molecule has 0 aliphatic carbocycles. The van der Waals surface area contributed by atoms with Gasteiger partial charge < -0.3 is 15.2 Å². The lowest BCUT2D eigenvalue weighted by molar-refractivity contribution is -0.123. The Morgan fingerprint density at radius 2 is 1.88 bits per heavy atom. The predicted molar refractivity (Wildman–Crippen MR) is 83.0 cm³/mol. The molecule has 0 heterocycles. The molecular formula is C16H12ClF2NO4. The lowest BCUT2D eigenvalue weighted by Crippen LogP contribution is -2.30. The van der Waals surface area contributed by atoms with Gasteiger partial charge in [0, 0.05) is 16.8 Å². The van der Waals surface area contributed by atoms with Crippen LogP contribution in [0.3, 0.4) is 0 Å². The fourth-order valence-electron chi connectivity index (χ4n) is 1.77. The number of benzene rings is 2. The van der Waals surface area contributed by atoms with Crippen LogP contribution in [0, 0.1) is 11.6 Å². The van der Waals surface area contributed by atoms with Crippen LogP contribution in [0.5, 0.6) is 5.75 Å². The number of ether oxygens (including phenoxy) is 1. The van der Waals surface area contributed by atoms with Gasteiger partial charge in [-0.3, -0.25) is 4.79 Å². The van der Waals surface area contributed by atoms with E-state index >= 15 is 0 Å². The molecule has 0 radical (unpaired) electrons. The molecular weight excluding hydrogens is 344 g/mol. The highest BCUT2D eigenvalue weighted by molar-refractivity contribution is 6.30. The third-order valence-corrected chi connectivity index (χ3v) is 3.25. The Hall–Kier alpha value is -2.67. The van der Waals surface area contributed by atoms with Crippen molar-refractivity contribution < 1.29 is 28.2 Å². The molecule has 8 heteroatoms. The first-order valence-electron chi connectivity index (χ1n) is 6.73. The number of amides is 1. The van der Waals surface area contributed by atoms with Gasteiger partial charge in [0.15, 0.2) is 17.7 Å². The molecule has 2 aromatic carbocycles. The first kappa shape index (κ1) is 17.7. The maximum atomic E-state index is 13.1. The van der Waals surface area contributed by atoms with Crippen LogP contribution in [-0.2, 0) is 9.53 Å². The van der Waals surface area contributed by atoms with E-state index in [0.29, 0.717) is 0 Å². The summed E-state index contributed by atoms with van der Waals surface area (Å²) in [7, 11) is 0. The van der Waals surface area contributed by atoms with Crippen LogP contribution in [0.25, 0.3) is 0 Å². The molecule has 0 spiro atoms. The Morgan fingerprint density at radius 1 is 1.17 bits per heavy atom. The molecule has 5 nitrogen and oxygen atoms in total. The molecule has 126 valence electrons. The molecule has 2 rings (SSSR count). The molecule has 0 bridgehead atoms. The second kappa shape index (κ2) is 7.27. The number of phenolic OH excluding ortho intramolecular Hbond substituents is 1. The molecule has 2 aromatic rings. The highest BCUT2D eigenvalue weighted by Gasteiger charge is 2.21. The fourth-order valence-corrected chi connectivity index (χ4v) is 1.94. The van der Waals surface area contributed by atoms with Gasteiger partial charge >= 0.3 is 5.97 Å². The van der Waals surface area contributed by atoms with Crippen molar-refractivity contribution in [2.75, 3.05) is 5.32 Å². The number of rotatable bonds is 4. The molecule has 0 unspecified atom stereocenters. The van der Waals surface area contributed by atoms with Crippen LogP contribution in [0.2, 0.25) is 5.02 Å². The van der Waals surface area contributed by atoms with Crippen molar-refractivity contribution in [1.29, 1.82) is 0 Å². The zero-order valence-electron chi connectivity index (χ0n) is 12.3. The van der Waals surface area contributed by atoms with Crippen molar-refractivity contribution in [1.82, 2.24) is 0 Å². The van der Waals surface area contributed by atoms with Gasteiger partial charge in [-0.2, -0.15) is 0 Å². The minimum Gasteiger partial charge on any atom is -0.507 e. The number of halogens is 3. The standard InChI is InChI=1S/C16H12ClF2NO4/c1-8(15(22)20-10-3-5-12(18)13(19)7-10)24-16(23)11-4-2-9(17)6-14(11)21/h2-8,21H,1H3,(H,20,22)/t8-/m0/s1. The van der Waals surface area contributed by atoms with Crippen LogP contribution < -0.4 is 5.32 Å². The molecule has 0 saturated carbocycles. The Balaban J connectivity index is 2.02. The summed E-state index contributed by atoms with van der Waals surface area (Å²) in [6.07, 6.45) is -1.24. The molecule has 0 aromatic heterocycles. The van der Waals surface area contributed by atoms with Crippen LogP contribution >= 0.6 is 11.6 Å². The van der Waals surface area contributed by atoms with Crippen LogP contribution in [0.1, 0.15) is 17.3 Å². The summed E-state index contributed by atoms with van der Waals surface area (Å²) >= 11 is 5.66. The van der Waals surface area contributed by atoms with Crippen LogP contribution in [0.4, 0.5) is 14.5 Å². The summed E-state index contributed by atoms with van der Waals surface area (Å²) in [5.74, 6) is -4.24. The van der Waals surface area contributed by atoms with Crippen molar-refractivity contribution in [3.8, 4) is 5.75 Å². The summed E-state index contributed by atoms with van der Waals surface area (Å²) in [6, 6.07) is 6.60. The van der Waals surface area contributed by atoms with Gasteiger partial charge in [0.25, 0.3) is 5.91 Å². The molecule has 0 aliphatic heterocycles. The van der Waals surface area contributed by atoms with Crippen LogP contribution in [-0.4, -0.2) is 23.1 Å². The number of aromatic hydroxyl groups is 1. The Morgan fingerprint density at radius 3 is 2.50 bits per heavy atom. The van der Waals surface area contributed by atoms with Gasteiger partial charge in [0.05, 0.1) is 0 Å². The number of carbonyl (C=O) groups is 2. The van der Waals surface area contributed by atoms with Gasteiger partial charge in [-0.25, -0.2) is 13.6 Å². The molecule has 1 amide bonds. The maximum Gasteiger partial charge on any atom is 0.342 e. The van der Waals surface area contributed by atoms with E-state index in [1.807, 2.05) is 0 Å². The summed E-state index contributed by atoms with van der Waals surface area (Å²) in [5, 5.41) is 12.2. The van der Waals surface area contributed by atoms with E-state index in [2.05, 4.69) is 5.32 Å². The van der Waals surface area contributed by atoms with E-state index < -0.39 is 29.6 Å². The highest BCUT2D eigenvalue weighted by Crippen LogP contribution is 2.23. The summed E-state index contributed by atoms with van der Waals surface area (Å²) in [5.41, 5.74) is -0.150. The molecule has 1 atom stereocenters. The van der Waals surface area contributed by atoms with Crippen molar-refractivity contribution in [3.05, 3.63) is 58.6 Å². The van der Waals surface area contributed by atoms with Crippen molar-refractivity contribution in [3.63, 3.8) is 0 Å². The Bertz CT molecular complexity index is 798. The average Bonchev–Trinajstić information content (AvgIpc) is 2.50. The minimum absolute atomic E-state index is 0.0103. The summed E-state index contributed by atoms with van der Waals surface area (Å²) in [4.78, 5) is 23.9. The van der Waals surface area contributed by atoms with Gasteiger partial charge in [-0.05, 0) is 37.3 Å². The van der Waals surface area contributed by atoms with Crippen molar-refractivity contribution in [2.45, 2.75) is 13.0 Å². The normalized spacial score (nSPS) is 11.7. The largest absolute Gasteiger partial charge is 0.507 e. The van der Waals surface area contributed by atoms with E-state index in [0.717, 1.165) is 24.3 Å². The second-order valence-corrected chi connectivity index (χ2v) is 5.26. The quantitative estimate of drug-likeness (QED) is 0.823. The number of esters is 1. The fraction of sp³-hybridized carbons (Fsp3) is 0.125. The second-order valence-electron chi connectivity index (χ2n) is 4.83. The smallest absolute Gasteiger partial charge is 0.342 e. The number of phenols is 1. The monoisotopic (exact) mass is 355 g/mol. The Kier molecular flexibility index (Phi) is 5.35. The molecule has 2 N–H and O–H groups in total. The summed E-state index contributed by atoms with van der Waals surface area (Å²) < 4.78 is 30.8. The maximum absolute atomic E-state index is 13.1. The SMILES string of the molecule is C[C@H](OC(=O)c1ccc(Cl)cc1O)C(=O)Nc1ccc(F)c(F)c1. The van der Waals surface area contributed by atoms with Gasteiger partial charge in [-0.15, -0.1) is 0 Å². The lowest BCUT2D eigenvalue weighted by Gasteiger charge is -2.14. The van der Waals surface area contributed by atoms with E-state index in [-0.39, 0.29) is 22.0 Å². The van der Waals surface area contributed by atoms with Crippen molar-refractivity contribution >= 4 is 29.2 Å². The molecule has 24 heavy (non-hydrogen) atoms. The number of nitrogens with one attached hydrogen (secondary N) is 1. The first-order valence-corrected chi connectivity index (χ1v) is 7.11.